The topological polar surface area (TPSA) is 81.8 Å². The van der Waals surface area contributed by atoms with E-state index in [0.29, 0.717) is 23.0 Å². The van der Waals surface area contributed by atoms with Gasteiger partial charge >= 0.3 is 0 Å². The Balaban J connectivity index is 1.70. The lowest BCUT2D eigenvalue weighted by atomic mass is 10.1. The number of nitrogens with zero attached hydrogens (tertiary/aromatic N) is 4. The highest BCUT2D eigenvalue weighted by Crippen LogP contribution is 2.21. The fourth-order valence-electron chi connectivity index (χ4n) is 3.24. The van der Waals surface area contributed by atoms with Crippen molar-refractivity contribution >= 4 is 16.8 Å². The Morgan fingerprint density at radius 3 is 2.75 bits per heavy atom. The van der Waals surface area contributed by atoms with Crippen molar-refractivity contribution in [3.63, 3.8) is 0 Å². The molecule has 1 N–H and O–H groups in total. The van der Waals surface area contributed by atoms with Gasteiger partial charge in [0, 0.05) is 31.4 Å². The van der Waals surface area contributed by atoms with Gasteiger partial charge in [0.2, 0.25) is 0 Å². The number of benzene rings is 2. The first-order valence-electron chi connectivity index (χ1n) is 8.85. The number of rotatable bonds is 4. The van der Waals surface area contributed by atoms with Crippen molar-refractivity contribution in [2.24, 2.45) is 7.05 Å². The molecule has 0 saturated heterocycles. The zero-order valence-electron chi connectivity index (χ0n) is 15.6. The van der Waals surface area contributed by atoms with E-state index in [1.165, 1.54) is 0 Å². The largest absolute Gasteiger partial charge is 0.355 e. The van der Waals surface area contributed by atoms with E-state index in [9.17, 15) is 9.59 Å². The first-order chi connectivity index (χ1) is 13.6. The Hall–Kier alpha value is -3.74. The van der Waals surface area contributed by atoms with Crippen molar-refractivity contribution in [3.8, 4) is 11.3 Å². The third-order valence-electron chi connectivity index (χ3n) is 4.71. The van der Waals surface area contributed by atoms with Crippen LogP contribution >= 0.6 is 0 Å². The van der Waals surface area contributed by atoms with Gasteiger partial charge in [0.25, 0.3) is 11.5 Å². The van der Waals surface area contributed by atoms with Gasteiger partial charge < -0.3 is 5.32 Å². The molecule has 1 amide bonds. The minimum Gasteiger partial charge on any atom is -0.355 e. The molecule has 4 rings (SSSR count). The zero-order chi connectivity index (χ0) is 19.7. The maximum absolute atomic E-state index is 12.9. The van der Waals surface area contributed by atoms with Gasteiger partial charge in [-0.05, 0) is 35.9 Å². The first-order valence-corrected chi connectivity index (χ1v) is 8.85. The highest BCUT2D eigenvalue weighted by atomic mass is 16.1. The number of nitrogens with one attached hydrogen (secondary N) is 1. The molecule has 7 nitrogen and oxygen atoms in total. The van der Waals surface area contributed by atoms with Crippen LogP contribution in [-0.4, -0.2) is 32.3 Å². The van der Waals surface area contributed by atoms with E-state index in [1.54, 1.807) is 53.1 Å². The number of carbonyl (C=O) groups is 1. The summed E-state index contributed by atoms with van der Waals surface area (Å²) in [4.78, 5) is 29.2. The number of hydrogen-bond donors (Lipinski definition) is 1. The predicted octanol–water partition coefficient (Wildman–Crippen LogP) is 2.20. The molecule has 0 fully saturated rings. The van der Waals surface area contributed by atoms with Crippen molar-refractivity contribution in [3.05, 3.63) is 82.5 Å². The summed E-state index contributed by atoms with van der Waals surface area (Å²) in [7, 11) is 3.46. The number of fused-ring (bicyclic) bond motifs is 1. The minimum absolute atomic E-state index is 0.119. The first kappa shape index (κ1) is 17.7. The van der Waals surface area contributed by atoms with Gasteiger partial charge in [0.05, 0.1) is 29.5 Å². The van der Waals surface area contributed by atoms with Crippen molar-refractivity contribution in [1.82, 2.24) is 24.6 Å². The maximum atomic E-state index is 12.9. The predicted molar refractivity (Wildman–Crippen MR) is 107 cm³/mol. The van der Waals surface area contributed by atoms with Gasteiger partial charge in [-0.15, -0.1) is 0 Å². The average molecular weight is 373 g/mol. The molecule has 0 atom stereocenters. The van der Waals surface area contributed by atoms with E-state index in [-0.39, 0.29) is 11.5 Å². The van der Waals surface area contributed by atoms with Gasteiger partial charge in [-0.2, -0.15) is 5.10 Å². The molecule has 7 heteroatoms. The Labute approximate surface area is 161 Å². The van der Waals surface area contributed by atoms with E-state index in [2.05, 4.69) is 15.4 Å². The van der Waals surface area contributed by atoms with Crippen LogP contribution in [0.3, 0.4) is 0 Å². The van der Waals surface area contributed by atoms with Crippen LogP contribution in [-0.2, 0) is 13.6 Å². The molecule has 0 spiro atoms. The molecule has 4 aromatic rings. The average Bonchev–Trinajstić information content (AvgIpc) is 3.15. The third-order valence-corrected chi connectivity index (χ3v) is 4.71. The van der Waals surface area contributed by atoms with Crippen LogP contribution in [0.1, 0.15) is 15.9 Å². The van der Waals surface area contributed by atoms with Crippen molar-refractivity contribution in [2.45, 2.75) is 6.54 Å². The molecular formula is C21H19N5O2. The van der Waals surface area contributed by atoms with Crippen LogP contribution in [0.15, 0.2) is 65.8 Å². The summed E-state index contributed by atoms with van der Waals surface area (Å²) in [6, 6.07) is 14.7. The number of carbonyl (C=O) groups excluding carboxylic acids is 1. The zero-order valence-corrected chi connectivity index (χ0v) is 15.6. The molecule has 0 bridgehead atoms. The van der Waals surface area contributed by atoms with Gasteiger partial charge in [-0.25, -0.2) is 4.98 Å². The van der Waals surface area contributed by atoms with E-state index < -0.39 is 0 Å². The second kappa shape index (κ2) is 7.11. The van der Waals surface area contributed by atoms with Crippen LogP contribution in [0, 0.1) is 0 Å². The third kappa shape index (κ3) is 3.18. The SMILES string of the molecule is CNC(=O)c1cccc(Cn2cnc3cc(-c4ccnn4C)ccc3c2=O)c1. The Kier molecular flexibility index (Phi) is 4.49. The maximum Gasteiger partial charge on any atom is 0.261 e. The van der Waals surface area contributed by atoms with Gasteiger partial charge in [0.15, 0.2) is 0 Å². The number of aromatic nitrogens is 4. The minimum atomic E-state index is -0.159. The monoisotopic (exact) mass is 373 g/mol. The second-order valence-electron chi connectivity index (χ2n) is 6.53. The molecule has 2 aromatic heterocycles. The summed E-state index contributed by atoms with van der Waals surface area (Å²) < 4.78 is 3.33. The van der Waals surface area contributed by atoms with E-state index in [0.717, 1.165) is 16.8 Å². The van der Waals surface area contributed by atoms with Gasteiger partial charge in [0.1, 0.15) is 0 Å². The lowest BCUT2D eigenvalue weighted by molar-refractivity contribution is 0.0963. The second-order valence-corrected chi connectivity index (χ2v) is 6.53. The van der Waals surface area contributed by atoms with Crippen LogP contribution in [0.25, 0.3) is 22.2 Å². The molecule has 0 saturated carbocycles. The summed E-state index contributed by atoms with van der Waals surface area (Å²) in [5, 5.41) is 7.33. The lowest BCUT2D eigenvalue weighted by Crippen LogP contribution is -2.22. The summed E-state index contributed by atoms with van der Waals surface area (Å²) in [6.07, 6.45) is 3.28. The standard InChI is InChI=1S/C21H19N5O2/c1-22-20(27)16-5-3-4-14(10-16)12-26-13-23-18-11-15(6-7-17(18)21(26)28)19-8-9-24-25(19)2/h3-11,13H,12H2,1-2H3,(H,22,27). The summed E-state index contributed by atoms with van der Waals surface area (Å²) in [6.45, 7) is 0.343. The van der Waals surface area contributed by atoms with Crippen LogP contribution in [0.2, 0.25) is 0 Å². The summed E-state index contributed by atoms with van der Waals surface area (Å²) in [5.41, 5.74) is 3.85. The Morgan fingerprint density at radius 2 is 2.00 bits per heavy atom. The molecule has 2 aromatic carbocycles. The van der Waals surface area contributed by atoms with Crippen molar-refractivity contribution < 1.29 is 4.79 Å². The lowest BCUT2D eigenvalue weighted by Gasteiger charge is -2.09. The molecule has 2 heterocycles. The molecule has 0 unspecified atom stereocenters. The fraction of sp³-hybridized carbons (Fsp3) is 0.143. The van der Waals surface area contributed by atoms with Gasteiger partial charge in [-0.1, -0.05) is 18.2 Å². The quantitative estimate of drug-likeness (QED) is 0.595. The molecule has 28 heavy (non-hydrogen) atoms. The Morgan fingerprint density at radius 1 is 1.14 bits per heavy atom. The molecule has 140 valence electrons. The smallest absolute Gasteiger partial charge is 0.261 e. The van der Waals surface area contributed by atoms with Crippen LogP contribution in [0.5, 0.6) is 0 Å². The fourth-order valence-corrected chi connectivity index (χ4v) is 3.24. The molecule has 0 radical (unpaired) electrons. The normalized spacial score (nSPS) is 10.9. The molecular weight excluding hydrogens is 354 g/mol. The number of hydrogen-bond acceptors (Lipinski definition) is 4. The van der Waals surface area contributed by atoms with E-state index in [1.807, 2.05) is 31.3 Å². The van der Waals surface area contributed by atoms with Crippen LogP contribution < -0.4 is 10.9 Å². The summed E-state index contributed by atoms with van der Waals surface area (Å²) in [5.74, 6) is -0.159. The number of aryl methyl sites for hydroxylation is 1. The summed E-state index contributed by atoms with van der Waals surface area (Å²) >= 11 is 0. The van der Waals surface area contributed by atoms with E-state index >= 15 is 0 Å². The number of amides is 1. The van der Waals surface area contributed by atoms with Crippen molar-refractivity contribution in [1.29, 1.82) is 0 Å². The highest BCUT2D eigenvalue weighted by Gasteiger charge is 2.09. The van der Waals surface area contributed by atoms with Crippen LogP contribution in [0.4, 0.5) is 0 Å². The Bertz CT molecular complexity index is 1240. The highest BCUT2D eigenvalue weighted by molar-refractivity contribution is 5.94. The van der Waals surface area contributed by atoms with E-state index in [4.69, 9.17) is 0 Å². The van der Waals surface area contributed by atoms with Crippen molar-refractivity contribution in [2.75, 3.05) is 7.05 Å². The molecule has 0 aliphatic rings. The molecule has 0 aliphatic carbocycles. The van der Waals surface area contributed by atoms with Gasteiger partial charge in [-0.3, -0.25) is 18.8 Å². The molecule has 0 aliphatic heterocycles.